The predicted octanol–water partition coefficient (Wildman–Crippen LogP) is 3.13. The zero-order valence-corrected chi connectivity index (χ0v) is 20.9. The maximum Gasteiger partial charge on any atom is 0.247 e. The van der Waals surface area contributed by atoms with E-state index in [4.69, 9.17) is 20.2 Å². The molecular formula is C27H28N8O3. The Hall–Kier alpha value is -4.61. The molecule has 3 aromatic heterocycles. The van der Waals surface area contributed by atoms with E-state index in [2.05, 4.69) is 37.1 Å². The van der Waals surface area contributed by atoms with Gasteiger partial charge in [-0.15, -0.1) is 0 Å². The lowest BCUT2D eigenvalue weighted by Gasteiger charge is -2.33. The molecule has 194 valence electrons. The van der Waals surface area contributed by atoms with Gasteiger partial charge in [0.05, 0.1) is 31.0 Å². The Balaban J connectivity index is 1.44. The summed E-state index contributed by atoms with van der Waals surface area (Å²) in [5, 5.41) is 6.83. The summed E-state index contributed by atoms with van der Waals surface area (Å²) in [6, 6.07) is 13.1. The van der Waals surface area contributed by atoms with Gasteiger partial charge in [0.25, 0.3) is 0 Å². The standard InChI is InChI=1S/C27H28N8O3/c1-3-24(36)31-18-9-10-29-22(13-18)20-6-4-5-17-15-30-27(34-25(17)20)32-21-7-8-23(33-26(21)37-2)35-11-12-38-19(14-28)16-35/h3-10,13,15,19H,1,11-12,14,16,28H2,2H3,(H,29,31,36)(H,30,32,34)/t19-/m0/s1. The van der Waals surface area contributed by atoms with Crippen LogP contribution in [0.15, 0.2) is 67.5 Å². The Morgan fingerprint density at radius 2 is 2.16 bits per heavy atom. The van der Waals surface area contributed by atoms with Crippen LogP contribution in [0.3, 0.4) is 0 Å². The SMILES string of the molecule is C=CC(=O)Nc1ccnc(-c2cccc3cnc(Nc4ccc(N5CCO[C@@H](CN)C5)nc4OC)nc23)c1. The number of anilines is 4. The third-order valence-corrected chi connectivity index (χ3v) is 6.11. The quantitative estimate of drug-likeness (QED) is 0.302. The molecule has 11 heteroatoms. The molecule has 4 aromatic rings. The summed E-state index contributed by atoms with van der Waals surface area (Å²) in [6.07, 6.45) is 4.57. The van der Waals surface area contributed by atoms with Gasteiger partial charge in [-0.1, -0.05) is 24.8 Å². The van der Waals surface area contributed by atoms with Crippen molar-refractivity contribution in [2.24, 2.45) is 5.73 Å². The molecule has 1 fully saturated rings. The van der Waals surface area contributed by atoms with Crippen LogP contribution in [0.4, 0.5) is 23.1 Å². The summed E-state index contributed by atoms with van der Waals surface area (Å²) in [4.78, 5) is 32.3. The van der Waals surface area contributed by atoms with E-state index >= 15 is 0 Å². The highest BCUT2D eigenvalue weighted by Gasteiger charge is 2.21. The molecule has 1 aromatic carbocycles. The number of nitrogens with one attached hydrogen (secondary N) is 2. The number of ether oxygens (including phenoxy) is 2. The molecule has 0 radical (unpaired) electrons. The van der Waals surface area contributed by atoms with Crippen molar-refractivity contribution in [2.45, 2.75) is 6.10 Å². The van der Waals surface area contributed by atoms with Crippen LogP contribution in [-0.2, 0) is 9.53 Å². The van der Waals surface area contributed by atoms with Gasteiger partial charge in [0, 0.05) is 48.7 Å². The smallest absolute Gasteiger partial charge is 0.247 e. The number of rotatable bonds is 8. The minimum atomic E-state index is -0.296. The summed E-state index contributed by atoms with van der Waals surface area (Å²) in [5.41, 5.74) is 9.18. The van der Waals surface area contributed by atoms with Crippen molar-refractivity contribution in [1.29, 1.82) is 0 Å². The van der Waals surface area contributed by atoms with Crippen LogP contribution in [0.25, 0.3) is 22.2 Å². The van der Waals surface area contributed by atoms with Gasteiger partial charge in [-0.3, -0.25) is 9.78 Å². The lowest BCUT2D eigenvalue weighted by atomic mass is 10.1. The number of benzene rings is 1. The van der Waals surface area contributed by atoms with Crippen molar-refractivity contribution in [3.8, 4) is 17.1 Å². The summed E-state index contributed by atoms with van der Waals surface area (Å²) >= 11 is 0. The van der Waals surface area contributed by atoms with Gasteiger partial charge in [-0.2, -0.15) is 4.98 Å². The largest absolute Gasteiger partial charge is 0.479 e. The lowest BCUT2D eigenvalue weighted by Crippen LogP contribution is -2.46. The fraction of sp³-hybridized carbons (Fsp3) is 0.222. The zero-order valence-electron chi connectivity index (χ0n) is 20.9. The Morgan fingerprint density at radius 3 is 2.97 bits per heavy atom. The molecule has 0 aliphatic carbocycles. The van der Waals surface area contributed by atoms with E-state index in [0.717, 1.165) is 23.3 Å². The number of amides is 1. The number of para-hydroxylation sites is 1. The first-order chi connectivity index (χ1) is 18.6. The van der Waals surface area contributed by atoms with E-state index in [1.807, 2.05) is 30.3 Å². The molecular weight excluding hydrogens is 484 g/mol. The van der Waals surface area contributed by atoms with E-state index < -0.39 is 0 Å². The number of hydrogen-bond acceptors (Lipinski definition) is 10. The molecule has 0 unspecified atom stereocenters. The Bertz CT molecular complexity index is 1480. The van der Waals surface area contributed by atoms with E-state index in [1.54, 1.807) is 31.6 Å². The molecule has 11 nitrogen and oxygen atoms in total. The first-order valence-electron chi connectivity index (χ1n) is 12.1. The van der Waals surface area contributed by atoms with Crippen LogP contribution in [-0.4, -0.2) is 65.3 Å². The molecule has 38 heavy (non-hydrogen) atoms. The van der Waals surface area contributed by atoms with E-state index in [-0.39, 0.29) is 12.0 Å². The van der Waals surface area contributed by atoms with Gasteiger partial charge >= 0.3 is 0 Å². The number of fused-ring (bicyclic) bond motifs is 1. The minimum Gasteiger partial charge on any atom is -0.479 e. The highest BCUT2D eigenvalue weighted by Crippen LogP contribution is 2.31. The fourth-order valence-electron chi connectivity index (χ4n) is 4.22. The number of pyridine rings is 2. The van der Waals surface area contributed by atoms with Gasteiger partial charge in [0.2, 0.25) is 17.7 Å². The zero-order chi connectivity index (χ0) is 26.5. The Labute approximate surface area is 219 Å². The van der Waals surface area contributed by atoms with Gasteiger partial charge in [-0.05, 0) is 30.3 Å². The Morgan fingerprint density at radius 1 is 1.26 bits per heavy atom. The molecule has 1 aliphatic rings. The number of carbonyl (C=O) groups excluding carboxylic acids is 1. The average molecular weight is 513 g/mol. The number of methoxy groups -OCH3 is 1. The van der Waals surface area contributed by atoms with Crippen molar-refractivity contribution in [3.05, 3.63) is 67.5 Å². The molecule has 1 amide bonds. The molecule has 1 saturated heterocycles. The van der Waals surface area contributed by atoms with Gasteiger partial charge in [-0.25, -0.2) is 9.97 Å². The number of morpholine rings is 1. The average Bonchev–Trinajstić information content (AvgIpc) is 2.97. The van der Waals surface area contributed by atoms with Crippen molar-refractivity contribution < 1.29 is 14.3 Å². The molecule has 5 rings (SSSR count). The predicted molar refractivity (Wildman–Crippen MR) is 147 cm³/mol. The Kier molecular flexibility index (Phi) is 7.38. The van der Waals surface area contributed by atoms with Crippen LogP contribution < -0.4 is 26.0 Å². The van der Waals surface area contributed by atoms with Crippen molar-refractivity contribution in [3.63, 3.8) is 0 Å². The number of carbonyl (C=O) groups is 1. The molecule has 4 N–H and O–H groups in total. The third kappa shape index (κ3) is 5.38. The van der Waals surface area contributed by atoms with E-state index in [0.29, 0.717) is 54.1 Å². The van der Waals surface area contributed by atoms with Crippen LogP contribution in [0.2, 0.25) is 0 Å². The van der Waals surface area contributed by atoms with Crippen molar-refractivity contribution in [2.75, 3.05) is 48.9 Å². The van der Waals surface area contributed by atoms with E-state index in [1.165, 1.54) is 6.08 Å². The van der Waals surface area contributed by atoms with Gasteiger partial charge < -0.3 is 30.7 Å². The maximum atomic E-state index is 11.7. The molecule has 1 atom stereocenters. The first kappa shape index (κ1) is 25.1. The van der Waals surface area contributed by atoms with E-state index in [9.17, 15) is 4.79 Å². The highest BCUT2D eigenvalue weighted by molar-refractivity contribution is 5.99. The van der Waals surface area contributed by atoms with Gasteiger partial charge in [0.1, 0.15) is 11.5 Å². The fourth-order valence-corrected chi connectivity index (χ4v) is 4.22. The maximum absolute atomic E-state index is 11.7. The summed E-state index contributed by atoms with van der Waals surface area (Å²) in [6.45, 7) is 5.94. The van der Waals surface area contributed by atoms with Crippen molar-refractivity contribution in [1.82, 2.24) is 19.9 Å². The minimum absolute atomic E-state index is 0.0250. The summed E-state index contributed by atoms with van der Waals surface area (Å²) < 4.78 is 11.2. The normalized spacial score (nSPS) is 15.2. The van der Waals surface area contributed by atoms with Crippen molar-refractivity contribution >= 4 is 40.0 Å². The molecule has 0 spiro atoms. The summed E-state index contributed by atoms with van der Waals surface area (Å²) in [5.74, 6) is 1.28. The molecule has 0 saturated carbocycles. The summed E-state index contributed by atoms with van der Waals surface area (Å²) in [7, 11) is 1.57. The molecule has 0 bridgehead atoms. The van der Waals surface area contributed by atoms with Crippen LogP contribution >= 0.6 is 0 Å². The van der Waals surface area contributed by atoms with Crippen LogP contribution in [0.1, 0.15) is 0 Å². The third-order valence-electron chi connectivity index (χ3n) is 6.11. The second-order valence-corrected chi connectivity index (χ2v) is 8.59. The second kappa shape index (κ2) is 11.2. The number of hydrogen-bond donors (Lipinski definition) is 3. The molecule has 4 heterocycles. The number of nitrogens with two attached hydrogens (primary N) is 1. The number of nitrogens with zero attached hydrogens (tertiary/aromatic N) is 5. The molecule has 1 aliphatic heterocycles. The number of aromatic nitrogens is 4. The topological polar surface area (TPSA) is 140 Å². The van der Waals surface area contributed by atoms with Crippen LogP contribution in [0, 0.1) is 0 Å². The van der Waals surface area contributed by atoms with Crippen LogP contribution in [0.5, 0.6) is 5.88 Å². The highest BCUT2D eigenvalue weighted by atomic mass is 16.5. The monoisotopic (exact) mass is 512 g/mol. The van der Waals surface area contributed by atoms with Gasteiger partial charge in [0.15, 0.2) is 0 Å². The first-order valence-corrected chi connectivity index (χ1v) is 12.1. The lowest BCUT2D eigenvalue weighted by molar-refractivity contribution is -0.111. The second-order valence-electron chi connectivity index (χ2n) is 8.59.